The van der Waals surface area contributed by atoms with Crippen molar-refractivity contribution in [3.05, 3.63) is 72.6 Å². The lowest BCUT2D eigenvalue weighted by molar-refractivity contribution is 0.0971. The van der Waals surface area contributed by atoms with Gasteiger partial charge in [-0.05, 0) is 37.3 Å². The summed E-state index contributed by atoms with van der Waals surface area (Å²) in [6.07, 6.45) is 7.92. The van der Waals surface area contributed by atoms with E-state index in [-0.39, 0.29) is 11.7 Å². The Kier molecular flexibility index (Phi) is 5.02. The molecule has 2 aromatic heterocycles. The van der Waals surface area contributed by atoms with Crippen LogP contribution in [0.5, 0.6) is 0 Å². The number of carbonyl (C=O) groups is 1. The SMILES string of the molecule is CC(/C=C/NC(=O)c1cnn2cccnc12)=N/N(C)c1cccc(F)c1. The largest absolute Gasteiger partial charge is 0.328 e. The molecule has 3 rings (SSSR count). The van der Waals surface area contributed by atoms with E-state index in [1.807, 2.05) is 0 Å². The lowest BCUT2D eigenvalue weighted by Gasteiger charge is -2.13. The highest BCUT2D eigenvalue weighted by molar-refractivity contribution is 6.01. The smallest absolute Gasteiger partial charge is 0.260 e. The van der Waals surface area contributed by atoms with Gasteiger partial charge in [0.2, 0.25) is 0 Å². The molecule has 0 aliphatic rings. The quantitative estimate of drug-likeness (QED) is 0.566. The van der Waals surface area contributed by atoms with E-state index >= 15 is 0 Å². The monoisotopic (exact) mass is 352 g/mol. The molecule has 0 aliphatic carbocycles. The first-order valence-corrected chi connectivity index (χ1v) is 7.85. The van der Waals surface area contributed by atoms with E-state index in [1.165, 1.54) is 29.0 Å². The summed E-state index contributed by atoms with van der Waals surface area (Å²) in [6.45, 7) is 1.77. The number of rotatable bonds is 5. The van der Waals surface area contributed by atoms with Gasteiger partial charge in [0.1, 0.15) is 11.4 Å². The fourth-order valence-corrected chi connectivity index (χ4v) is 2.31. The van der Waals surface area contributed by atoms with Crippen molar-refractivity contribution in [2.45, 2.75) is 6.92 Å². The van der Waals surface area contributed by atoms with Crippen molar-refractivity contribution in [3.63, 3.8) is 0 Å². The summed E-state index contributed by atoms with van der Waals surface area (Å²) in [5.41, 5.74) is 2.12. The molecule has 0 spiro atoms. The first kappa shape index (κ1) is 17.3. The average Bonchev–Trinajstić information content (AvgIpc) is 3.05. The summed E-state index contributed by atoms with van der Waals surface area (Å²) in [5.74, 6) is -0.645. The van der Waals surface area contributed by atoms with Gasteiger partial charge in [0.15, 0.2) is 5.65 Å². The lowest BCUT2D eigenvalue weighted by Crippen LogP contribution is -2.17. The van der Waals surface area contributed by atoms with E-state index < -0.39 is 0 Å². The van der Waals surface area contributed by atoms with Crippen molar-refractivity contribution in [2.75, 3.05) is 12.1 Å². The molecule has 1 N–H and O–H groups in total. The van der Waals surface area contributed by atoms with Gasteiger partial charge in [0.05, 0.1) is 17.6 Å². The van der Waals surface area contributed by atoms with Crippen molar-refractivity contribution < 1.29 is 9.18 Å². The molecule has 0 saturated heterocycles. The highest BCUT2D eigenvalue weighted by atomic mass is 19.1. The molecule has 0 saturated carbocycles. The van der Waals surface area contributed by atoms with E-state index in [4.69, 9.17) is 0 Å². The Hall–Kier alpha value is -3.55. The van der Waals surface area contributed by atoms with E-state index in [0.29, 0.717) is 22.6 Å². The Morgan fingerprint density at radius 1 is 1.38 bits per heavy atom. The number of benzene rings is 1. The molecule has 2 heterocycles. The van der Waals surface area contributed by atoms with Gasteiger partial charge >= 0.3 is 0 Å². The van der Waals surface area contributed by atoms with Crippen LogP contribution < -0.4 is 10.3 Å². The number of amides is 1. The minimum Gasteiger partial charge on any atom is -0.328 e. The van der Waals surface area contributed by atoms with Crippen molar-refractivity contribution >= 4 is 23.0 Å². The third-order valence-electron chi connectivity index (χ3n) is 3.55. The Labute approximate surface area is 149 Å². The molecule has 26 heavy (non-hydrogen) atoms. The van der Waals surface area contributed by atoms with Gasteiger partial charge in [0, 0.05) is 25.6 Å². The van der Waals surface area contributed by atoms with Crippen LogP contribution in [0.15, 0.2) is 66.3 Å². The first-order valence-electron chi connectivity index (χ1n) is 7.85. The van der Waals surface area contributed by atoms with Crippen LogP contribution in [0.3, 0.4) is 0 Å². The Bertz CT molecular complexity index is 994. The number of aromatic nitrogens is 3. The predicted octanol–water partition coefficient (Wildman–Crippen LogP) is 2.62. The number of anilines is 1. The zero-order valence-corrected chi connectivity index (χ0v) is 14.3. The topological polar surface area (TPSA) is 74.9 Å². The van der Waals surface area contributed by atoms with Gasteiger partial charge in [-0.2, -0.15) is 10.2 Å². The number of fused-ring (bicyclic) bond motifs is 1. The fraction of sp³-hybridized carbons (Fsp3) is 0.111. The van der Waals surface area contributed by atoms with Crippen LogP contribution in [-0.2, 0) is 0 Å². The van der Waals surface area contributed by atoms with Gasteiger partial charge in [-0.25, -0.2) is 13.9 Å². The van der Waals surface area contributed by atoms with Gasteiger partial charge in [-0.1, -0.05) is 6.07 Å². The number of hydrogen-bond donors (Lipinski definition) is 1. The third kappa shape index (κ3) is 3.92. The minimum atomic E-state index is -0.327. The molecular formula is C18H17FN6O. The van der Waals surface area contributed by atoms with Gasteiger partial charge < -0.3 is 5.32 Å². The maximum atomic E-state index is 13.3. The summed E-state index contributed by atoms with van der Waals surface area (Å²) in [7, 11) is 1.72. The zero-order chi connectivity index (χ0) is 18.5. The number of carbonyl (C=O) groups excluding carboxylic acids is 1. The van der Waals surface area contributed by atoms with Crippen LogP contribution in [0.4, 0.5) is 10.1 Å². The minimum absolute atomic E-state index is 0.318. The van der Waals surface area contributed by atoms with E-state index in [0.717, 1.165) is 0 Å². The van der Waals surface area contributed by atoms with Crippen molar-refractivity contribution in [1.82, 2.24) is 19.9 Å². The van der Waals surface area contributed by atoms with Crippen molar-refractivity contribution in [2.24, 2.45) is 5.10 Å². The Balaban J connectivity index is 1.65. The summed E-state index contributed by atoms with van der Waals surface area (Å²) in [5, 5.41) is 12.6. The number of hydrogen-bond acceptors (Lipinski definition) is 5. The summed E-state index contributed by atoms with van der Waals surface area (Å²) in [6, 6.07) is 7.87. The molecule has 0 fully saturated rings. The predicted molar refractivity (Wildman–Crippen MR) is 97.5 cm³/mol. The number of hydrazone groups is 1. The third-order valence-corrected chi connectivity index (χ3v) is 3.55. The molecule has 0 unspecified atom stereocenters. The van der Waals surface area contributed by atoms with Crippen LogP contribution in [0.25, 0.3) is 5.65 Å². The summed E-state index contributed by atoms with van der Waals surface area (Å²) >= 11 is 0. The van der Waals surface area contributed by atoms with Crippen LogP contribution >= 0.6 is 0 Å². The second-order valence-corrected chi connectivity index (χ2v) is 5.50. The number of allylic oxidation sites excluding steroid dienone is 1. The molecule has 8 heteroatoms. The average molecular weight is 352 g/mol. The van der Waals surface area contributed by atoms with E-state index in [9.17, 15) is 9.18 Å². The second-order valence-electron chi connectivity index (χ2n) is 5.50. The van der Waals surface area contributed by atoms with Crippen molar-refractivity contribution in [1.29, 1.82) is 0 Å². The number of nitrogens with zero attached hydrogens (tertiary/aromatic N) is 5. The highest BCUT2D eigenvalue weighted by Crippen LogP contribution is 2.14. The molecule has 1 aromatic carbocycles. The van der Waals surface area contributed by atoms with Crippen LogP contribution in [0.2, 0.25) is 0 Å². The van der Waals surface area contributed by atoms with E-state index in [1.54, 1.807) is 55.6 Å². The van der Waals surface area contributed by atoms with Crippen LogP contribution in [0, 0.1) is 5.82 Å². The van der Waals surface area contributed by atoms with Gasteiger partial charge in [-0.15, -0.1) is 0 Å². The van der Waals surface area contributed by atoms with Crippen LogP contribution in [-0.4, -0.2) is 33.3 Å². The number of halogens is 1. The van der Waals surface area contributed by atoms with Gasteiger partial charge in [-0.3, -0.25) is 9.80 Å². The molecule has 0 radical (unpaired) electrons. The lowest BCUT2D eigenvalue weighted by atomic mass is 10.3. The molecular weight excluding hydrogens is 335 g/mol. The fourth-order valence-electron chi connectivity index (χ4n) is 2.31. The standard InChI is InChI=1S/C18H17FN6O/c1-13(23-24(2)15-6-3-5-14(19)11-15)7-9-21-18(26)16-12-22-25-10-4-8-20-17(16)25/h3-12H,1-2H3,(H,21,26)/b9-7+,23-13-. The maximum absolute atomic E-state index is 13.3. The molecule has 0 atom stereocenters. The first-order chi connectivity index (χ1) is 12.5. The Morgan fingerprint density at radius 3 is 3.04 bits per heavy atom. The molecule has 0 bridgehead atoms. The van der Waals surface area contributed by atoms with E-state index in [2.05, 4.69) is 20.5 Å². The van der Waals surface area contributed by atoms with Gasteiger partial charge in [0.25, 0.3) is 5.91 Å². The zero-order valence-electron chi connectivity index (χ0n) is 14.3. The summed E-state index contributed by atoms with van der Waals surface area (Å²) in [4.78, 5) is 16.4. The normalized spacial score (nSPS) is 11.9. The summed E-state index contributed by atoms with van der Waals surface area (Å²) < 4.78 is 14.8. The Morgan fingerprint density at radius 2 is 2.23 bits per heavy atom. The highest BCUT2D eigenvalue weighted by Gasteiger charge is 2.11. The molecule has 7 nitrogen and oxygen atoms in total. The van der Waals surface area contributed by atoms with Crippen LogP contribution in [0.1, 0.15) is 17.3 Å². The maximum Gasteiger partial charge on any atom is 0.260 e. The second kappa shape index (κ2) is 7.56. The molecule has 1 amide bonds. The van der Waals surface area contributed by atoms with Crippen molar-refractivity contribution in [3.8, 4) is 0 Å². The molecule has 132 valence electrons. The number of nitrogens with one attached hydrogen (secondary N) is 1. The molecule has 0 aliphatic heterocycles. The molecule has 3 aromatic rings.